The standard InChI is InChI=1S/C14H16INO/c1-9-8-13(17-10(9)2)14(16-3)11-4-6-12(15)7-5-11/h4-8,14,16H,1-3H3. The van der Waals surface area contributed by atoms with Crippen LogP contribution in [0, 0.1) is 17.4 Å². The molecule has 2 nitrogen and oxygen atoms in total. The molecule has 1 atom stereocenters. The van der Waals surface area contributed by atoms with E-state index in [1.165, 1.54) is 14.7 Å². The number of rotatable bonds is 3. The normalized spacial score (nSPS) is 12.7. The molecule has 0 bridgehead atoms. The molecule has 17 heavy (non-hydrogen) atoms. The van der Waals surface area contributed by atoms with Crippen LogP contribution in [0.5, 0.6) is 0 Å². The van der Waals surface area contributed by atoms with E-state index >= 15 is 0 Å². The van der Waals surface area contributed by atoms with Crippen LogP contribution in [0.1, 0.15) is 28.7 Å². The van der Waals surface area contributed by atoms with Gasteiger partial charge in [0.15, 0.2) is 0 Å². The molecule has 0 radical (unpaired) electrons. The van der Waals surface area contributed by atoms with Crippen molar-refractivity contribution in [3.05, 3.63) is 56.5 Å². The summed E-state index contributed by atoms with van der Waals surface area (Å²) in [6, 6.07) is 10.7. The number of aryl methyl sites for hydroxylation is 2. The third-order valence-corrected chi connectivity index (χ3v) is 3.68. The van der Waals surface area contributed by atoms with Gasteiger partial charge in [0.25, 0.3) is 0 Å². The summed E-state index contributed by atoms with van der Waals surface area (Å²) >= 11 is 2.31. The third kappa shape index (κ3) is 2.72. The Bertz CT molecular complexity index is 482. The van der Waals surface area contributed by atoms with Crippen LogP contribution in [0.25, 0.3) is 0 Å². The van der Waals surface area contributed by atoms with Crippen LogP contribution in [-0.2, 0) is 0 Å². The first kappa shape index (κ1) is 12.6. The van der Waals surface area contributed by atoms with Gasteiger partial charge in [-0.1, -0.05) is 12.1 Å². The van der Waals surface area contributed by atoms with E-state index in [9.17, 15) is 0 Å². The summed E-state index contributed by atoms with van der Waals surface area (Å²) in [6.45, 7) is 4.07. The fourth-order valence-electron chi connectivity index (χ4n) is 1.87. The van der Waals surface area contributed by atoms with Crippen LogP contribution < -0.4 is 5.32 Å². The molecule has 0 fully saturated rings. The van der Waals surface area contributed by atoms with Crippen molar-refractivity contribution in [2.75, 3.05) is 7.05 Å². The summed E-state index contributed by atoms with van der Waals surface area (Å²) in [4.78, 5) is 0. The first-order chi connectivity index (χ1) is 8.11. The summed E-state index contributed by atoms with van der Waals surface area (Å²) in [5.74, 6) is 1.97. The number of nitrogens with one attached hydrogen (secondary N) is 1. The highest BCUT2D eigenvalue weighted by Crippen LogP contribution is 2.26. The first-order valence-corrected chi connectivity index (χ1v) is 6.69. The smallest absolute Gasteiger partial charge is 0.125 e. The Morgan fingerprint density at radius 3 is 2.29 bits per heavy atom. The highest BCUT2D eigenvalue weighted by atomic mass is 127. The zero-order valence-electron chi connectivity index (χ0n) is 10.3. The minimum atomic E-state index is 0.124. The van der Waals surface area contributed by atoms with Crippen molar-refractivity contribution in [3.8, 4) is 0 Å². The number of furan rings is 1. The molecule has 1 heterocycles. The van der Waals surface area contributed by atoms with Crippen molar-refractivity contribution < 1.29 is 4.42 Å². The quantitative estimate of drug-likeness (QED) is 0.859. The SMILES string of the molecule is CNC(c1ccc(I)cc1)c1cc(C)c(C)o1. The van der Waals surface area contributed by atoms with Crippen molar-refractivity contribution in [2.24, 2.45) is 0 Å². The summed E-state index contributed by atoms with van der Waals surface area (Å²) in [6.07, 6.45) is 0. The molecule has 90 valence electrons. The minimum absolute atomic E-state index is 0.124. The summed E-state index contributed by atoms with van der Waals surface area (Å²) in [5, 5.41) is 3.30. The summed E-state index contributed by atoms with van der Waals surface area (Å²) in [7, 11) is 1.95. The molecule has 1 N–H and O–H groups in total. The van der Waals surface area contributed by atoms with E-state index < -0.39 is 0 Å². The lowest BCUT2D eigenvalue weighted by Gasteiger charge is -2.14. The Morgan fingerprint density at radius 1 is 1.18 bits per heavy atom. The van der Waals surface area contributed by atoms with Gasteiger partial charge in [-0.25, -0.2) is 0 Å². The van der Waals surface area contributed by atoms with E-state index in [1.54, 1.807) is 0 Å². The lowest BCUT2D eigenvalue weighted by atomic mass is 10.0. The molecule has 0 aliphatic heterocycles. The van der Waals surface area contributed by atoms with E-state index in [1.807, 2.05) is 14.0 Å². The Kier molecular flexibility index (Phi) is 3.89. The molecule has 2 rings (SSSR count). The van der Waals surface area contributed by atoms with Crippen molar-refractivity contribution >= 4 is 22.6 Å². The predicted molar refractivity (Wildman–Crippen MR) is 78.2 cm³/mol. The van der Waals surface area contributed by atoms with Crippen molar-refractivity contribution in [3.63, 3.8) is 0 Å². The molecule has 0 spiro atoms. The second kappa shape index (κ2) is 5.23. The molecular weight excluding hydrogens is 325 g/mol. The molecule has 3 heteroatoms. The lowest BCUT2D eigenvalue weighted by molar-refractivity contribution is 0.443. The van der Waals surface area contributed by atoms with E-state index in [2.05, 4.69) is 65.2 Å². The fourth-order valence-corrected chi connectivity index (χ4v) is 2.23. The monoisotopic (exact) mass is 341 g/mol. The summed E-state index contributed by atoms with van der Waals surface area (Å²) in [5.41, 5.74) is 2.42. The van der Waals surface area contributed by atoms with Gasteiger partial charge in [0.05, 0.1) is 6.04 Å². The zero-order chi connectivity index (χ0) is 12.4. The van der Waals surface area contributed by atoms with Crippen LogP contribution in [0.2, 0.25) is 0 Å². The molecule has 2 aromatic rings. The minimum Gasteiger partial charge on any atom is -0.464 e. The average molecular weight is 341 g/mol. The van der Waals surface area contributed by atoms with Crippen LogP contribution in [0.3, 0.4) is 0 Å². The molecule has 1 aromatic heterocycles. The van der Waals surface area contributed by atoms with Gasteiger partial charge in [0.2, 0.25) is 0 Å². The molecule has 0 amide bonds. The third-order valence-electron chi connectivity index (χ3n) is 2.96. The van der Waals surface area contributed by atoms with Gasteiger partial charge >= 0.3 is 0 Å². The maximum atomic E-state index is 5.79. The average Bonchev–Trinajstić information content (AvgIpc) is 2.63. The highest BCUT2D eigenvalue weighted by Gasteiger charge is 2.16. The second-order valence-corrected chi connectivity index (χ2v) is 5.41. The molecular formula is C14H16INO. The zero-order valence-corrected chi connectivity index (χ0v) is 12.4. The van der Waals surface area contributed by atoms with E-state index in [4.69, 9.17) is 4.42 Å². The van der Waals surface area contributed by atoms with Gasteiger partial charge in [0.1, 0.15) is 11.5 Å². The Morgan fingerprint density at radius 2 is 1.82 bits per heavy atom. The van der Waals surface area contributed by atoms with Gasteiger partial charge in [-0.3, -0.25) is 0 Å². The van der Waals surface area contributed by atoms with Crippen LogP contribution in [0.15, 0.2) is 34.7 Å². The van der Waals surface area contributed by atoms with Crippen molar-refractivity contribution in [2.45, 2.75) is 19.9 Å². The van der Waals surface area contributed by atoms with E-state index in [0.717, 1.165) is 11.5 Å². The van der Waals surface area contributed by atoms with Crippen LogP contribution >= 0.6 is 22.6 Å². The van der Waals surface area contributed by atoms with Gasteiger partial charge in [0, 0.05) is 3.57 Å². The number of hydrogen-bond acceptors (Lipinski definition) is 2. The number of hydrogen-bond donors (Lipinski definition) is 1. The van der Waals surface area contributed by atoms with E-state index in [0.29, 0.717) is 0 Å². The summed E-state index contributed by atoms with van der Waals surface area (Å²) < 4.78 is 7.03. The number of benzene rings is 1. The topological polar surface area (TPSA) is 25.2 Å². The molecule has 1 unspecified atom stereocenters. The van der Waals surface area contributed by atoms with Gasteiger partial charge in [-0.05, 0) is 72.8 Å². The Labute approximate surface area is 116 Å². The largest absolute Gasteiger partial charge is 0.464 e. The number of halogens is 1. The lowest BCUT2D eigenvalue weighted by Crippen LogP contribution is -2.16. The maximum absolute atomic E-state index is 5.79. The highest BCUT2D eigenvalue weighted by molar-refractivity contribution is 14.1. The van der Waals surface area contributed by atoms with Crippen LogP contribution in [0.4, 0.5) is 0 Å². The Balaban J connectivity index is 2.36. The Hall–Kier alpha value is -0.810. The predicted octanol–water partition coefficient (Wildman–Crippen LogP) is 3.81. The maximum Gasteiger partial charge on any atom is 0.125 e. The van der Waals surface area contributed by atoms with Gasteiger partial charge in [-0.2, -0.15) is 0 Å². The van der Waals surface area contributed by atoms with Crippen molar-refractivity contribution in [1.29, 1.82) is 0 Å². The molecule has 0 aliphatic rings. The molecule has 1 aromatic carbocycles. The van der Waals surface area contributed by atoms with E-state index in [-0.39, 0.29) is 6.04 Å². The van der Waals surface area contributed by atoms with Crippen LogP contribution in [-0.4, -0.2) is 7.05 Å². The molecule has 0 saturated carbocycles. The fraction of sp³-hybridized carbons (Fsp3) is 0.286. The first-order valence-electron chi connectivity index (χ1n) is 5.61. The second-order valence-electron chi connectivity index (χ2n) is 4.16. The van der Waals surface area contributed by atoms with Gasteiger partial charge in [-0.15, -0.1) is 0 Å². The van der Waals surface area contributed by atoms with Gasteiger partial charge < -0.3 is 9.73 Å². The molecule has 0 aliphatic carbocycles. The van der Waals surface area contributed by atoms with Crippen molar-refractivity contribution in [1.82, 2.24) is 5.32 Å². The molecule has 0 saturated heterocycles.